The summed E-state index contributed by atoms with van der Waals surface area (Å²) in [7, 11) is -2.28. The summed E-state index contributed by atoms with van der Waals surface area (Å²) in [5.74, 6) is 0.357. The number of para-hydroxylation sites is 1. The number of rotatable bonds is 6. The van der Waals surface area contributed by atoms with Gasteiger partial charge in [0.2, 0.25) is 15.9 Å². The van der Waals surface area contributed by atoms with Gasteiger partial charge in [-0.15, -0.1) is 0 Å². The minimum absolute atomic E-state index is 0.0202. The highest BCUT2D eigenvalue weighted by Gasteiger charge is 2.29. The zero-order chi connectivity index (χ0) is 18.7. The van der Waals surface area contributed by atoms with E-state index < -0.39 is 15.6 Å². The maximum absolute atomic E-state index is 12.9. The predicted octanol–water partition coefficient (Wildman–Crippen LogP) is 2.87. The Hall–Kier alpha value is -2.38. The van der Waals surface area contributed by atoms with Gasteiger partial charge in [-0.2, -0.15) is 0 Å². The van der Waals surface area contributed by atoms with Crippen molar-refractivity contribution in [2.24, 2.45) is 0 Å². The van der Waals surface area contributed by atoms with Crippen LogP contribution >= 0.6 is 0 Å². The van der Waals surface area contributed by atoms with Crippen LogP contribution in [-0.4, -0.2) is 21.4 Å². The van der Waals surface area contributed by atoms with E-state index in [2.05, 4.69) is 10.0 Å². The van der Waals surface area contributed by atoms with Gasteiger partial charge in [0.1, 0.15) is 10.6 Å². The fraction of sp³-hybridized carbons (Fsp3) is 0.278. The van der Waals surface area contributed by atoms with Crippen molar-refractivity contribution in [2.75, 3.05) is 12.4 Å². The standard InChI is InChI=1S/C18H22N2O4S/c1-13(21)19-16-7-5-6-8-17(16)25(22,23)20-18(2,3)14-9-11-15(24-4)12-10-14/h5-12,20H,1-4H3,(H,19,21). The van der Waals surface area contributed by atoms with Crippen LogP contribution in [0.2, 0.25) is 0 Å². The fourth-order valence-corrected chi connectivity index (χ4v) is 4.02. The first-order valence-electron chi connectivity index (χ1n) is 7.71. The lowest BCUT2D eigenvalue weighted by Crippen LogP contribution is -2.41. The molecule has 0 aliphatic rings. The summed E-state index contributed by atoms with van der Waals surface area (Å²) in [6.45, 7) is 4.87. The average molecular weight is 362 g/mol. The Morgan fingerprint density at radius 1 is 1.04 bits per heavy atom. The van der Waals surface area contributed by atoms with Crippen LogP contribution in [0.25, 0.3) is 0 Å². The largest absolute Gasteiger partial charge is 0.497 e. The number of hydrogen-bond acceptors (Lipinski definition) is 4. The zero-order valence-electron chi connectivity index (χ0n) is 14.7. The third-order valence-electron chi connectivity index (χ3n) is 3.69. The molecule has 134 valence electrons. The first kappa shape index (κ1) is 19.0. The summed E-state index contributed by atoms with van der Waals surface area (Å²) in [6, 6.07) is 13.4. The van der Waals surface area contributed by atoms with Crippen molar-refractivity contribution in [3.8, 4) is 5.75 Å². The summed E-state index contributed by atoms with van der Waals surface area (Å²) in [5.41, 5.74) is 0.177. The van der Waals surface area contributed by atoms with E-state index in [0.29, 0.717) is 5.75 Å². The van der Waals surface area contributed by atoms with E-state index in [1.165, 1.54) is 13.0 Å². The molecule has 0 aliphatic heterocycles. The molecule has 2 rings (SSSR count). The molecule has 2 aromatic rings. The van der Waals surface area contributed by atoms with Crippen molar-refractivity contribution in [2.45, 2.75) is 31.2 Å². The van der Waals surface area contributed by atoms with Gasteiger partial charge in [-0.1, -0.05) is 24.3 Å². The smallest absolute Gasteiger partial charge is 0.243 e. The third-order valence-corrected chi connectivity index (χ3v) is 5.40. The SMILES string of the molecule is COc1ccc(C(C)(C)NS(=O)(=O)c2ccccc2NC(C)=O)cc1. The Bertz CT molecular complexity index is 859. The number of anilines is 1. The molecular weight excluding hydrogens is 340 g/mol. The van der Waals surface area contributed by atoms with Gasteiger partial charge in [0.25, 0.3) is 0 Å². The molecular formula is C18H22N2O4S. The number of sulfonamides is 1. The highest BCUT2D eigenvalue weighted by atomic mass is 32.2. The van der Waals surface area contributed by atoms with E-state index in [1.54, 1.807) is 63.4 Å². The van der Waals surface area contributed by atoms with Gasteiger partial charge in [-0.3, -0.25) is 4.79 Å². The summed E-state index contributed by atoms with van der Waals surface area (Å²) >= 11 is 0. The summed E-state index contributed by atoms with van der Waals surface area (Å²) in [5, 5.41) is 2.55. The second-order valence-electron chi connectivity index (χ2n) is 6.14. The summed E-state index contributed by atoms with van der Waals surface area (Å²) < 4.78 is 33.5. The topological polar surface area (TPSA) is 84.5 Å². The molecule has 0 aliphatic carbocycles. The number of ether oxygens (including phenoxy) is 1. The van der Waals surface area contributed by atoms with Gasteiger partial charge in [0, 0.05) is 6.92 Å². The van der Waals surface area contributed by atoms with Gasteiger partial charge in [-0.05, 0) is 43.7 Å². The highest BCUT2D eigenvalue weighted by molar-refractivity contribution is 7.89. The van der Waals surface area contributed by atoms with Crippen LogP contribution in [0.1, 0.15) is 26.3 Å². The van der Waals surface area contributed by atoms with Crippen LogP contribution in [0.15, 0.2) is 53.4 Å². The van der Waals surface area contributed by atoms with Crippen molar-refractivity contribution >= 4 is 21.6 Å². The van der Waals surface area contributed by atoms with Gasteiger partial charge in [0.05, 0.1) is 18.3 Å². The molecule has 0 unspecified atom stereocenters. The molecule has 0 bridgehead atoms. The Kier molecular flexibility index (Phi) is 5.49. The Morgan fingerprint density at radius 3 is 2.20 bits per heavy atom. The molecule has 1 amide bonds. The normalized spacial score (nSPS) is 11.8. The number of carbonyl (C=O) groups excluding carboxylic acids is 1. The molecule has 0 saturated heterocycles. The van der Waals surface area contributed by atoms with Crippen molar-refractivity contribution in [3.05, 3.63) is 54.1 Å². The second-order valence-corrected chi connectivity index (χ2v) is 7.79. The monoisotopic (exact) mass is 362 g/mol. The zero-order valence-corrected chi connectivity index (χ0v) is 15.5. The van der Waals surface area contributed by atoms with Crippen molar-refractivity contribution in [3.63, 3.8) is 0 Å². The van der Waals surface area contributed by atoms with Gasteiger partial charge >= 0.3 is 0 Å². The third kappa shape index (κ3) is 4.58. The van der Waals surface area contributed by atoms with Crippen LogP contribution < -0.4 is 14.8 Å². The summed E-state index contributed by atoms with van der Waals surface area (Å²) in [6.07, 6.45) is 0. The van der Waals surface area contributed by atoms with E-state index in [-0.39, 0.29) is 16.5 Å². The van der Waals surface area contributed by atoms with E-state index in [4.69, 9.17) is 4.74 Å². The number of carbonyl (C=O) groups is 1. The van der Waals surface area contributed by atoms with E-state index >= 15 is 0 Å². The molecule has 7 heteroatoms. The summed E-state index contributed by atoms with van der Waals surface area (Å²) in [4.78, 5) is 11.3. The maximum Gasteiger partial charge on any atom is 0.243 e. The Balaban J connectivity index is 2.35. The lowest BCUT2D eigenvalue weighted by Gasteiger charge is -2.27. The molecule has 6 nitrogen and oxygen atoms in total. The van der Waals surface area contributed by atoms with Crippen molar-refractivity contribution in [1.29, 1.82) is 0 Å². The Morgan fingerprint density at radius 2 is 1.64 bits per heavy atom. The molecule has 25 heavy (non-hydrogen) atoms. The molecule has 0 heterocycles. The van der Waals surface area contributed by atoms with E-state index in [0.717, 1.165) is 5.56 Å². The first-order chi connectivity index (χ1) is 11.7. The lowest BCUT2D eigenvalue weighted by atomic mass is 9.96. The van der Waals surface area contributed by atoms with Crippen molar-refractivity contribution < 1.29 is 17.9 Å². The van der Waals surface area contributed by atoms with Crippen LogP contribution in [-0.2, 0) is 20.4 Å². The predicted molar refractivity (Wildman–Crippen MR) is 97.1 cm³/mol. The fourth-order valence-electron chi connectivity index (χ4n) is 2.45. The molecule has 0 saturated carbocycles. The number of methoxy groups -OCH3 is 1. The molecule has 0 aromatic heterocycles. The average Bonchev–Trinajstić information content (AvgIpc) is 2.54. The second kappa shape index (κ2) is 7.25. The highest BCUT2D eigenvalue weighted by Crippen LogP contribution is 2.27. The lowest BCUT2D eigenvalue weighted by molar-refractivity contribution is -0.114. The minimum Gasteiger partial charge on any atom is -0.497 e. The maximum atomic E-state index is 12.9. The van der Waals surface area contributed by atoms with Gasteiger partial charge in [-0.25, -0.2) is 13.1 Å². The molecule has 2 aromatic carbocycles. The van der Waals surface area contributed by atoms with Crippen LogP contribution in [0.5, 0.6) is 5.75 Å². The quantitative estimate of drug-likeness (QED) is 0.827. The molecule has 2 N–H and O–H groups in total. The van der Waals surface area contributed by atoms with E-state index in [9.17, 15) is 13.2 Å². The first-order valence-corrected chi connectivity index (χ1v) is 9.19. The van der Waals surface area contributed by atoms with Crippen LogP contribution in [0, 0.1) is 0 Å². The van der Waals surface area contributed by atoms with Crippen LogP contribution in [0.4, 0.5) is 5.69 Å². The number of amides is 1. The molecule has 0 radical (unpaired) electrons. The Labute approximate surface area is 148 Å². The number of nitrogens with one attached hydrogen (secondary N) is 2. The minimum atomic E-state index is -3.85. The van der Waals surface area contributed by atoms with Crippen LogP contribution in [0.3, 0.4) is 0 Å². The van der Waals surface area contributed by atoms with Crippen molar-refractivity contribution in [1.82, 2.24) is 4.72 Å². The molecule has 0 fully saturated rings. The molecule has 0 atom stereocenters. The van der Waals surface area contributed by atoms with E-state index in [1.807, 2.05) is 0 Å². The molecule has 0 spiro atoms. The number of benzene rings is 2. The van der Waals surface area contributed by atoms with Gasteiger partial charge < -0.3 is 10.1 Å². The van der Waals surface area contributed by atoms with Gasteiger partial charge in [0.15, 0.2) is 0 Å². The number of hydrogen-bond donors (Lipinski definition) is 2.